The van der Waals surface area contributed by atoms with Crippen molar-refractivity contribution in [2.45, 2.75) is 20.8 Å². The highest BCUT2D eigenvalue weighted by molar-refractivity contribution is 6.31. The van der Waals surface area contributed by atoms with Crippen molar-refractivity contribution in [2.24, 2.45) is 0 Å². The second-order valence-corrected chi connectivity index (χ2v) is 5.69. The van der Waals surface area contributed by atoms with Gasteiger partial charge in [-0.15, -0.1) is 0 Å². The van der Waals surface area contributed by atoms with Crippen LogP contribution in [0.4, 0.5) is 10.5 Å². The van der Waals surface area contributed by atoms with Crippen LogP contribution in [-0.4, -0.2) is 19.3 Å². The van der Waals surface area contributed by atoms with Gasteiger partial charge in [-0.3, -0.25) is 5.32 Å². The first kappa shape index (κ1) is 17.2. The second kappa shape index (κ2) is 7.88. The minimum Gasteiger partial charge on any atom is -0.490 e. The third kappa shape index (κ3) is 4.89. The molecule has 1 amide bonds. The number of nitrogens with one attached hydrogen (secondary N) is 1. The van der Waals surface area contributed by atoms with Crippen LogP contribution in [0.25, 0.3) is 0 Å². The van der Waals surface area contributed by atoms with Crippen molar-refractivity contribution in [2.75, 3.05) is 18.5 Å². The number of anilines is 1. The Hall–Kier alpha value is -2.20. The molecule has 5 heteroatoms. The van der Waals surface area contributed by atoms with Crippen LogP contribution in [0.1, 0.15) is 16.7 Å². The van der Waals surface area contributed by atoms with E-state index in [0.717, 1.165) is 22.4 Å². The number of rotatable bonds is 5. The molecule has 4 nitrogen and oxygen atoms in total. The van der Waals surface area contributed by atoms with Gasteiger partial charge in [-0.1, -0.05) is 29.8 Å². The zero-order chi connectivity index (χ0) is 16.8. The van der Waals surface area contributed by atoms with Crippen LogP contribution < -0.4 is 10.1 Å². The Morgan fingerprint density at radius 1 is 1.04 bits per heavy atom. The van der Waals surface area contributed by atoms with E-state index in [9.17, 15) is 4.79 Å². The number of carbonyl (C=O) groups is 1. The van der Waals surface area contributed by atoms with Crippen LogP contribution in [0, 0.1) is 20.8 Å². The van der Waals surface area contributed by atoms with Gasteiger partial charge in [0.1, 0.15) is 19.0 Å². The number of carbonyl (C=O) groups excluding carboxylic acids is 1. The third-order valence-electron chi connectivity index (χ3n) is 3.42. The highest BCUT2D eigenvalue weighted by Gasteiger charge is 2.08. The van der Waals surface area contributed by atoms with Crippen molar-refractivity contribution in [1.82, 2.24) is 0 Å². The lowest BCUT2D eigenvalue weighted by Gasteiger charge is -2.12. The molecule has 2 aromatic carbocycles. The van der Waals surface area contributed by atoms with E-state index in [1.54, 1.807) is 12.1 Å². The van der Waals surface area contributed by atoms with Crippen LogP contribution in [-0.2, 0) is 4.74 Å². The molecule has 0 atom stereocenters. The highest BCUT2D eigenvalue weighted by Crippen LogP contribution is 2.21. The SMILES string of the molecule is Cc1cc(OCCOC(=O)Nc2c(C)cccc2C)ccc1Cl. The summed E-state index contributed by atoms with van der Waals surface area (Å²) in [4.78, 5) is 11.8. The summed E-state index contributed by atoms with van der Waals surface area (Å²) in [5.41, 5.74) is 3.72. The number of benzene rings is 2. The standard InChI is InChI=1S/C18H20ClNO3/c1-12-5-4-6-13(2)17(12)20-18(21)23-10-9-22-15-7-8-16(19)14(3)11-15/h4-8,11H,9-10H2,1-3H3,(H,20,21). The van der Waals surface area contributed by atoms with E-state index >= 15 is 0 Å². The molecule has 23 heavy (non-hydrogen) atoms. The first-order valence-corrected chi connectivity index (χ1v) is 7.74. The molecule has 2 rings (SSSR count). The molecule has 0 saturated carbocycles. The zero-order valence-corrected chi connectivity index (χ0v) is 14.2. The number of amides is 1. The van der Waals surface area contributed by atoms with Crippen LogP contribution >= 0.6 is 11.6 Å². The number of halogens is 1. The van der Waals surface area contributed by atoms with Crippen molar-refractivity contribution in [1.29, 1.82) is 0 Å². The quantitative estimate of drug-likeness (QED) is 0.792. The molecule has 0 radical (unpaired) electrons. The van der Waals surface area contributed by atoms with Crippen molar-refractivity contribution in [3.8, 4) is 5.75 Å². The largest absolute Gasteiger partial charge is 0.490 e. The van der Waals surface area contributed by atoms with Gasteiger partial charge in [0, 0.05) is 10.7 Å². The summed E-state index contributed by atoms with van der Waals surface area (Å²) in [7, 11) is 0. The Labute approximate surface area is 141 Å². The molecule has 0 aliphatic carbocycles. The molecule has 2 aromatic rings. The molecule has 0 heterocycles. The maximum absolute atomic E-state index is 11.8. The van der Waals surface area contributed by atoms with Gasteiger partial charge in [0.05, 0.1) is 0 Å². The summed E-state index contributed by atoms with van der Waals surface area (Å²) in [6.45, 7) is 6.23. The molecule has 0 spiro atoms. The summed E-state index contributed by atoms with van der Waals surface area (Å²) in [5.74, 6) is 0.700. The van der Waals surface area contributed by atoms with Crippen LogP contribution in [0.5, 0.6) is 5.75 Å². The Morgan fingerprint density at radius 2 is 1.74 bits per heavy atom. The predicted molar refractivity (Wildman–Crippen MR) is 92.6 cm³/mol. The van der Waals surface area contributed by atoms with E-state index in [2.05, 4.69) is 5.32 Å². The lowest BCUT2D eigenvalue weighted by atomic mass is 10.1. The lowest BCUT2D eigenvalue weighted by Crippen LogP contribution is -2.18. The molecule has 0 aliphatic heterocycles. The maximum atomic E-state index is 11.8. The number of ether oxygens (including phenoxy) is 2. The topological polar surface area (TPSA) is 47.6 Å². The molecule has 0 bridgehead atoms. The number of para-hydroxylation sites is 1. The van der Waals surface area contributed by atoms with E-state index in [4.69, 9.17) is 21.1 Å². The van der Waals surface area contributed by atoms with Crippen LogP contribution in [0.3, 0.4) is 0 Å². The smallest absolute Gasteiger partial charge is 0.411 e. The summed E-state index contributed by atoms with van der Waals surface area (Å²) >= 11 is 5.95. The Morgan fingerprint density at radius 3 is 2.39 bits per heavy atom. The van der Waals surface area contributed by atoms with Gasteiger partial charge in [-0.25, -0.2) is 4.79 Å². The van der Waals surface area contributed by atoms with Crippen LogP contribution in [0.15, 0.2) is 36.4 Å². The van der Waals surface area contributed by atoms with Crippen LogP contribution in [0.2, 0.25) is 5.02 Å². The molecule has 122 valence electrons. The minimum atomic E-state index is -0.488. The number of hydrogen-bond donors (Lipinski definition) is 1. The summed E-state index contributed by atoms with van der Waals surface area (Å²) in [6, 6.07) is 11.2. The predicted octanol–water partition coefficient (Wildman–Crippen LogP) is 4.89. The summed E-state index contributed by atoms with van der Waals surface area (Å²) in [6.07, 6.45) is -0.488. The minimum absolute atomic E-state index is 0.165. The van der Waals surface area contributed by atoms with Crippen molar-refractivity contribution >= 4 is 23.4 Å². The first-order chi connectivity index (χ1) is 11.0. The molecule has 0 aromatic heterocycles. The third-order valence-corrected chi connectivity index (χ3v) is 3.85. The maximum Gasteiger partial charge on any atom is 0.411 e. The molecular weight excluding hydrogens is 314 g/mol. The molecule has 0 saturated heterocycles. The van der Waals surface area contributed by atoms with Gasteiger partial charge in [0.15, 0.2) is 0 Å². The Balaban J connectivity index is 1.78. The molecule has 0 aliphatic rings. The molecule has 0 fully saturated rings. The Kier molecular flexibility index (Phi) is 5.88. The highest BCUT2D eigenvalue weighted by atomic mass is 35.5. The fourth-order valence-electron chi connectivity index (χ4n) is 2.15. The lowest BCUT2D eigenvalue weighted by molar-refractivity contribution is 0.137. The molecular formula is C18H20ClNO3. The van der Waals surface area contributed by atoms with E-state index < -0.39 is 6.09 Å². The fourth-order valence-corrected chi connectivity index (χ4v) is 2.27. The van der Waals surface area contributed by atoms with E-state index in [0.29, 0.717) is 10.8 Å². The fraction of sp³-hybridized carbons (Fsp3) is 0.278. The summed E-state index contributed by atoms with van der Waals surface area (Å²) in [5, 5.41) is 3.46. The van der Waals surface area contributed by atoms with E-state index in [1.807, 2.05) is 45.0 Å². The average molecular weight is 334 g/mol. The molecule has 0 unspecified atom stereocenters. The van der Waals surface area contributed by atoms with Gasteiger partial charge >= 0.3 is 6.09 Å². The molecule has 1 N–H and O–H groups in total. The van der Waals surface area contributed by atoms with Gasteiger partial charge in [0.2, 0.25) is 0 Å². The normalized spacial score (nSPS) is 10.3. The number of hydrogen-bond acceptors (Lipinski definition) is 3. The second-order valence-electron chi connectivity index (χ2n) is 5.29. The monoisotopic (exact) mass is 333 g/mol. The van der Waals surface area contributed by atoms with Crippen molar-refractivity contribution < 1.29 is 14.3 Å². The Bertz CT molecular complexity index is 680. The van der Waals surface area contributed by atoms with Gasteiger partial charge in [0.25, 0.3) is 0 Å². The van der Waals surface area contributed by atoms with Crippen molar-refractivity contribution in [3.63, 3.8) is 0 Å². The van der Waals surface area contributed by atoms with Gasteiger partial charge < -0.3 is 9.47 Å². The number of aryl methyl sites for hydroxylation is 3. The van der Waals surface area contributed by atoms with Gasteiger partial charge in [-0.05, 0) is 55.7 Å². The van der Waals surface area contributed by atoms with E-state index in [-0.39, 0.29) is 13.2 Å². The van der Waals surface area contributed by atoms with Gasteiger partial charge in [-0.2, -0.15) is 0 Å². The van der Waals surface area contributed by atoms with Crippen molar-refractivity contribution in [3.05, 3.63) is 58.1 Å². The zero-order valence-electron chi connectivity index (χ0n) is 13.5. The summed E-state index contributed by atoms with van der Waals surface area (Å²) < 4.78 is 10.7. The average Bonchev–Trinajstić information content (AvgIpc) is 2.51. The van der Waals surface area contributed by atoms with E-state index in [1.165, 1.54) is 0 Å². The first-order valence-electron chi connectivity index (χ1n) is 7.36.